The Morgan fingerprint density at radius 2 is 1.93 bits per heavy atom. The molecule has 7 nitrogen and oxygen atoms in total. The molecule has 8 heteroatoms. The van der Waals surface area contributed by atoms with Crippen LogP contribution in [0.2, 0.25) is 0 Å². The van der Waals surface area contributed by atoms with E-state index in [4.69, 9.17) is 4.74 Å². The lowest BCUT2D eigenvalue weighted by atomic mass is 10.1. The van der Waals surface area contributed by atoms with Gasteiger partial charge in [0.1, 0.15) is 5.75 Å². The number of aromatic nitrogens is 1. The van der Waals surface area contributed by atoms with Gasteiger partial charge in [-0.15, -0.1) is 0 Å². The number of H-pyrrole nitrogens is 1. The third-order valence-corrected chi connectivity index (χ3v) is 5.77. The summed E-state index contributed by atoms with van der Waals surface area (Å²) in [4.78, 5) is 15.3. The minimum atomic E-state index is -3.48. The Morgan fingerprint density at radius 3 is 2.75 bits per heavy atom. The van der Waals surface area contributed by atoms with Crippen LogP contribution >= 0.6 is 0 Å². The molecule has 0 aliphatic heterocycles. The maximum absolute atomic E-state index is 12.2. The van der Waals surface area contributed by atoms with Crippen LogP contribution in [0.1, 0.15) is 15.9 Å². The molecule has 1 aromatic heterocycles. The fourth-order valence-electron chi connectivity index (χ4n) is 2.92. The van der Waals surface area contributed by atoms with Crippen LogP contribution < -0.4 is 14.8 Å². The smallest absolute Gasteiger partial charge is 0.251 e. The molecule has 0 saturated carbocycles. The molecule has 0 spiro atoms. The lowest BCUT2D eigenvalue weighted by molar-refractivity contribution is 0.0955. The fourth-order valence-corrected chi connectivity index (χ4v) is 3.85. The van der Waals surface area contributed by atoms with Crippen molar-refractivity contribution in [3.8, 4) is 5.75 Å². The van der Waals surface area contributed by atoms with Gasteiger partial charge in [0.15, 0.2) is 0 Å². The van der Waals surface area contributed by atoms with Gasteiger partial charge in [0, 0.05) is 35.8 Å². The van der Waals surface area contributed by atoms with Crippen molar-refractivity contribution in [2.45, 2.75) is 6.42 Å². The third kappa shape index (κ3) is 5.11. The Kier molecular flexibility index (Phi) is 6.33. The van der Waals surface area contributed by atoms with E-state index in [9.17, 15) is 13.2 Å². The van der Waals surface area contributed by atoms with Crippen LogP contribution in [0.15, 0.2) is 54.7 Å². The number of nitrogens with one attached hydrogen (secondary N) is 3. The normalized spacial score (nSPS) is 11.5. The number of sulfonamides is 1. The van der Waals surface area contributed by atoms with Crippen molar-refractivity contribution in [1.82, 2.24) is 15.0 Å². The van der Waals surface area contributed by atoms with E-state index in [1.165, 1.54) is 7.11 Å². The first-order chi connectivity index (χ1) is 13.5. The molecule has 1 heterocycles. The summed E-state index contributed by atoms with van der Waals surface area (Å²) in [5.74, 6) is 0.0449. The second-order valence-electron chi connectivity index (χ2n) is 6.31. The zero-order chi connectivity index (χ0) is 20.0. The standard InChI is InChI=1S/C20H23N3O4S/c1-27-17-6-4-5-15(13-17)20(24)21-11-12-28(25,26)23-10-9-16-14-22-19-8-3-2-7-18(16)19/h2-8,13-14,22-23H,9-12H2,1H3,(H,21,24). The summed E-state index contributed by atoms with van der Waals surface area (Å²) in [6.07, 6.45) is 2.48. The van der Waals surface area contributed by atoms with Gasteiger partial charge < -0.3 is 15.0 Å². The Balaban J connectivity index is 1.45. The summed E-state index contributed by atoms with van der Waals surface area (Å²) in [5.41, 5.74) is 2.51. The molecular weight excluding hydrogens is 378 g/mol. The number of methoxy groups -OCH3 is 1. The second kappa shape index (κ2) is 8.90. The highest BCUT2D eigenvalue weighted by Crippen LogP contribution is 2.17. The van der Waals surface area contributed by atoms with Gasteiger partial charge in [-0.2, -0.15) is 0 Å². The van der Waals surface area contributed by atoms with Crippen LogP contribution in [0.4, 0.5) is 0 Å². The van der Waals surface area contributed by atoms with E-state index in [1.807, 2.05) is 30.5 Å². The summed E-state index contributed by atoms with van der Waals surface area (Å²) < 4.78 is 32.0. The lowest BCUT2D eigenvalue weighted by Gasteiger charge is -2.08. The molecule has 0 fully saturated rings. The van der Waals surface area contributed by atoms with Crippen LogP contribution in [0.5, 0.6) is 5.75 Å². The Morgan fingerprint density at radius 1 is 1.11 bits per heavy atom. The maximum atomic E-state index is 12.2. The number of hydrogen-bond donors (Lipinski definition) is 3. The number of rotatable bonds is 9. The molecule has 0 atom stereocenters. The van der Waals surface area contributed by atoms with Crippen LogP contribution in [-0.2, 0) is 16.4 Å². The fraction of sp³-hybridized carbons (Fsp3) is 0.250. The molecule has 0 saturated heterocycles. The zero-order valence-corrected chi connectivity index (χ0v) is 16.4. The van der Waals surface area contributed by atoms with Crippen molar-refractivity contribution in [3.05, 3.63) is 65.9 Å². The SMILES string of the molecule is COc1cccc(C(=O)NCCS(=O)(=O)NCCc2c[nH]c3ccccc23)c1. The van der Waals surface area contributed by atoms with Gasteiger partial charge >= 0.3 is 0 Å². The van der Waals surface area contributed by atoms with Crippen LogP contribution in [-0.4, -0.2) is 45.3 Å². The van der Waals surface area contributed by atoms with Crippen molar-refractivity contribution >= 4 is 26.8 Å². The number of aromatic amines is 1. The van der Waals surface area contributed by atoms with Crippen LogP contribution in [0.3, 0.4) is 0 Å². The molecule has 28 heavy (non-hydrogen) atoms. The Labute approximate surface area is 164 Å². The Hall–Kier alpha value is -2.84. The second-order valence-corrected chi connectivity index (χ2v) is 8.24. The average Bonchev–Trinajstić information content (AvgIpc) is 3.11. The number of hydrogen-bond acceptors (Lipinski definition) is 4. The lowest BCUT2D eigenvalue weighted by Crippen LogP contribution is -2.35. The minimum absolute atomic E-state index is 0.0263. The van der Waals surface area contributed by atoms with Gasteiger partial charge in [0.05, 0.1) is 12.9 Å². The number of amides is 1. The summed E-state index contributed by atoms with van der Waals surface area (Å²) in [5, 5.41) is 3.71. The van der Waals surface area contributed by atoms with Gasteiger partial charge in [-0.25, -0.2) is 13.1 Å². The molecule has 0 aliphatic carbocycles. The molecule has 0 aliphatic rings. The molecule has 148 valence electrons. The highest BCUT2D eigenvalue weighted by Gasteiger charge is 2.12. The minimum Gasteiger partial charge on any atom is -0.497 e. The van der Waals surface area contributed by atoms with Crippen molar-refractivity contribution < 1.29 is 17.9 Å². The first-order valence-electron chi connectivity index (χ1n) is 8.93. The monoisotopic (exact) mass is 401 g/mol. The molecule has 3 aromatic rings. The largest absolute Gasteiger partial charge is 0.497 e. The van der Waals surface area contributed by atoms with Gasteiger partial charge in [-0.05, 0) is 36.2 Å². The summed E-state index contributed by atoms with van der Waals surface area (Å²) >= 11 is 0. The third-order valence-electron chi connectivity index (χ3n) is 4.38. The van der Waals surface area contributed by atoms with Crippen molar-refractivity contribution in [3.63, 3.8) is 0 Å². The summed E-state index contributed by atoms with van der Waals surface area (Å²) in [7, 11) is -1.96. The zero-order valence-electron chi connectivity index (χ0n) is 15.6. The van der Waals surface area contributed by atoms with Crippen molar-refractivity contribution in [2.24, 2.45) is 0 Å². The molecule has 2 aromatic carbocycles. The summed E-state index contributed by atoms with van der Waals surface area (Å²) in [6, 6.07) is 14.6. The van der Waals surface area contributed by atoms with Gasteiger partial charge in [0.25, 0.3) is 5.91 Å². The highest BCUT2D eigenvalue weighted by molar-refractivity contribution is 7.89. The molecule has 0 bridgehead atoms. The van der Waals surface area contributed by atoms with E-state index in [2.05, 4.69) is 15.0 Å². The van der Waals surface area contributed by atoms with E-state index in [0.717, 1.165) is 16.5 Å². The van der Waals surface area contributed by atoms with Crippen molar-refractivity contribution in [1.29, 1.82) is 0 Å². The molecule has 1 amide bonds. The number of fused-ring (bicyclic) bond motifs is 1. The quantitative estimate of drug-likeness (QED) is 0.511. The van der Waals surface area contributed by atoms with Gasteiger partial charge in [-0.1, -0.05) is 24.3 Å². The molecule has 3 rings (SSSR count). The number of benzene rings is 2. The number of ether oxygens (including phenoxy) is 1. The molecule has 0 radical (unpaired) electrons. The average molecular weight is 401 g/mol. The van der Waals surface area contributed by atoms with Gasteiger partial charge in [-0.3, -0.25) is 4.79 Å². The van der Waals surface area contributed by atoms with Gasteiger partial charge in [0.2, 0.25) is 10.0 Å². The van der Waals surface area contributed by atoms with Crippen LogP contribution in [0, 0.1) is 0 Å². The first-order valence-corrected chi connectivity index (χ1v) is 10.6. The van der Waals surface area contributed by atoms with E-state index < -0.39 is 10.0 Å². The van der Waals surface area contributed by atoms with Crippen LogP contribution in [0.25, 0.3) is 10.9 Å². The predicted molar refractivity (Wildman–Crippen MR) is 109 cm³/mol. The van der Waals surface area contributed by atoms with E-state index in [-0.39, 0.29) is 18.2 Å². The molecule has 0 unspecified atom stereocenters. The summed E-state index contributed by atoms with van der Waals surface area (Å²) in [6.45, 7) is 0.326. The van der Waals surface area contributed by atoms with E-state index >= 15 is 0 Å². The molecular formula is C20H23N3O4S. The highest BCUT2D eigenvalue weighted by atomic mass is 32.2. The first kappa shape index (κ1) is 19.9. The molecule has 3 N–H and O–H groups in total. The van der Waals surface area contributed by atoms with E-state index in [0.29, 0.717) is 24.3 Å². The number of carbonyl (C=O) groups excluding carboxylic acids is 1. The van der Waals surface area contributed by atoms with E-state index in [1.54, 1.807) is 24.3 Å². The number of carbonyl (C=O) groups is 1. The predicted octanol–water partition coefficient (Wildman–Crippen LogP) is 2.07. The van der Waals surface area contributed by atoms with Crippen molar-refractivity contribution in [2.75, 3.05) is 26.0 Å². The topological polar surface area (TPSA) is 100 Å². The Bertz CT molecular complexity index is 1060. The maximum Gasteiger partial charge on any atom is 0.251 e. The number of para-hydroxylation sites is 1.